The van der Waals surface area contributed by atoms with Crippen molar-refractivity contribution in [3.05, 3.63) is 72.4 Å². The Morgan fingerprint density at radius 3 is 2.55 bits per heavy atom. The Balaban J connectivity index is 1.83. The van der Waals surface area contributed by atoms with Crippen LogP contribution in [0.15, 0.2) is 66.9 Å². The zero-order chi connectivity index (χ0) is 15.4. The molecule has 0 bridgehead atoms. The molecule has 0 fully saturated rings. The summed E-state index contributed by atoms with van der Waals surface area (Å²) >= 11 is 0. The molecule has 0 saturated carbocycles. The third kappa shape index (κ3) is 3.10. The van der Waals surface area contributed by atoms with Crippen LogP contribution in [0.1, 0.15) is 18.6 Å². The van der Waals surface area contributed by atoms with E-state index in [9.17, 15) is 5.11 Å². The van der Waals surface area contributed by atoms with Gasteiger partial charge in [-0.1, -0.05) is 48.5 Å². The van der Waals surface area contributed by atoms with Gasteiger partial charge in [-0.05, 0) is 24.6 Å². The summed E-state index contributed by atoms with van der Waals surface area (Å²) in [6, 6.07) is 20.0. The second kappa shape index (κ2) is 6.58. The molecule has 0 saturated heterocycles. The first-order chi connectivity index (χ1) is 10.8. The maximum atomic E-state index is 10.4. The zero-order valence-corrected chi connectivity index (χ0v) is 12.7. The highest BCUT2D eigenvalue weighted by Gasteiger charge is 2.13. The molecule has 1 aromatic heterocycles. The Morgan fingerprint density at radius 1 is 1.05 bits per heavy atom. The molecule has 0 radical (unpaired) electrons. The van der Waals surface area contributed by atoms with E-state index < -0.39 is 6.10 Å². The monoisotopic (exact) mass is 292 g/mol. The summed E-state index contributed by atoms with van der Waals surface area (Å²) in [6.45, 7) is 3.47. The summed E-state index contributed by atoms with van der Waals surface area (Å²) < 4.78 is 0. The van der Waals surface area contributed by atoms with Crippen LogP contribution in [0.5, 0.6) is 0 Å². The van der Waals surface area contributed by atoms with Gasteiger partial charge < -0.3 is 10.0 Å². The molecule has 0 unspecified atom stereocenters. The molecular formula is C19H20N2O. The minimum absolute atomic E-state index is 0.507. The van der Waals surface area contributed by atoms with Crippen molar-refractivity contribution in [1.29, 1.82) is 0 Å². The summed E-state index contributed by atoms with van der Waals surface area (Å²) in [7, 11) is 0. The molecule has 0 aliphatic heterocycles. The Morgan fingerprint density at radius 2 is 1.77 bits per heavy atom. The lowest BCUT2D eigenvalue weighted by Crippen LogP contribution is -2.28. The highest BCUT2D eigenvalue weighted by Crippen LogP contribution is 2.22. The fourth-order valence-corrected chi connectivity index (χ4v) is 2.64. The molecule has 1 heterocycles. The Hall–Kier alpha value is -2.39. The number of likely N-dealkylation sites (N-methyl/N-ethyl adjacent to an activating group) is 1. The Bertz CT molecular complexity index is 743. The highest BCUT2D eigenvalue weighted by molar-refractivity contribution is 5.81. The fourth-order valence-electron chi connectivity index (χ4n) is 2.64. The van der Waals surface area contributed by atoms with Crippen molar-refractivity contribution in [2.75, 3.05) is 18.0 Å². The third-order valence-corrected chi connectivity index (χ3v) is 3.90. The summed E-state index contributed by atoms with van der Waals surface area (Å²) in [5.41, 5.74) is 2.97. The van der Waals surface area contributed by atoms with Crippen molar-refractivity contribution >= 4 is 16.6 Å². The first-order valence-electron chi connectivity index (χ1n) is 7.60. The average molecular weight is 292 g/mol. The van der Waals surface area contributed by atoms with Gasteiger partial charge in [-0.25, -0.2) is 0 Å². The number of rotatable bonds is 5. The molecule has 2 aromatic carbocycles. The minimum atomic E-state index is -0.507. The molecule has 3 aromatic rings. The lowest BCUT2D eigenvalue weighted by molar-refractivity contribution is 0.183. The lowest BCUT2D eigenvalue weighted by Gasteiger charge is -2.26. The van der Waals surface area contributed by atoms with E-state index in [-0.39, 0.29) is 0 Å². The molecule has 0 amide bonds. The normalized spacial score (nSPS) is 12.3. The number of hydrogen-bond donors (Lipinski definition) is 1. The fraction of sp³-hybridized carbons (Fsp3) is 0.211. The first kappa shape index (κ1) is 14.5. The number of pyridine rings is 1. The standard InChI is InChI=1S/C19H20N2O/c1-2-21(14-19(22)15-8-4-3-5-9-15)17-12-16-10-6-7-11-18(16)20-13-17/h3-13,19,22H,2,14H2,1H3/t19-/m0/s1. The number of aliphatic hydroxyl groups is 1. The van der Waals surface area contributed by atoms with E-state index in [0.717, 1.165) is 28.7 Å². The van der Waals surface area contributed by atoms with Crippen LogP contribution in [-0.2, 0) is 0 Å². The van der Waals surface area contributed by atoms with Crippen molar-refractivity contribution in [2.45, 2.75) is 13.0 Å². The van der Waals surface area contributed by atoms with E-state index in [4.69, 9.17) is 0 Å². The van der Waals surface area contributed by atoms with Crippen LogP contribution in [0.25, 0.3) is 10.9 Å². The predicted molar refractivity (Wildman–Crippen MR) is 91.0 cm³/mol. The molecule has 0 aliphatic rings. The van der Waals surface area contributed by atoms with Gasteiger partial charge in [-0.2, -0.15) is 0 Å². The maximum absolute atomic E-state index is 10.4. The number of anilines is 1. The summed E-state index contributed by atoms with van der Waals surface area (Å²) in [5.74, 6) is 0. The van der Waals surface area contributed by atoms with Crippen LogP contribution in [-0.4, -0.2) is 23.2 Å². The number of benzene rings is 2. The predicted octanol–water partition coefficient (Wildman–Crippen LogP) is 3.79. The topological polar surface area (TPSA) is 36.4 Å². The number of aliphatic hydroxyl groups excluding tert-OH is 1. The van der Waals surface area contributed by atoms with Crippen molar-refractivity contribution in [3.63, 3.8) is 0 Å². The van der Waals surface area contributed by atoms with Crippen LogP contribution in [0.4, 0.5) is 5.69 Å². The number of para-hydroxylation sites is 1. The van der Waals surface area contributed by atoms with Gasteiger partial charge in [0.05, 0.1) is 23.5 Å². The van der Waals surface area contributed by atoms with E-state index in [1.54, 1.807) is 0 Å². The average Bonchev–Trinajstić information content (AvgIpc) is 2.59. The SMILES string of the molecule is CCN(C[C@H](O)c1ccccc1)c1cnc2ccccc2c1. The van der Waals surface area contributed by atoms with Crippen LogP contribution in [0.2, 0.25) is 0 Å². The highest BCUT2D eigenvalue weighted by atomic mass is 16.3. The number of fused-ring (bicyclic) bond motifs is 1. The molecule has 0 aliphatic carbocycles. The number of hydrogen-bond acceptors (Lipinski definition) is 3. The van der Waals surface area contributed by atoms with Crippen LogP contribution in [0, 0.1) is 0 Å². The molecular weight excluding hydrogens is 272 g/mol. The van der Waals surface area contributed by atoms with Crippen molar-refractivity contribution in [1.82, 2.24) is 4.98 Å². The lowest BCUT2D eigenvalue weighted by atomic mass is 10.1. The van der Waals surface area contributed by atoms with Gasteiger partial charge in [0.25, 0.3) is 0 Å². The van der Waals surface area contributed by atoms with E-state index in [1.165, 1.54) is 0 Å². The van der Waals surface area contributed by atoms with Crippen molar-refractivity contribution < 1.29 is 5.11 Å². The van der Waals surface area contributed by atoms with Gasteiger partial charge in [0.2, 0.25) is 0 Å². The molecule has 1 atom stereocenters. The molecule has 0 spiro atoms. The molecule has 3 nitrogen and oxygen atoms in total. The third-order valence-electron chi connectivity index (χ3n) is 3.90. The summed E-state index contributed by atoms with van der Waals surface area (Å²) in [6.07, 6.45) is 1.37. The molecule has 112 valence electrons. The molecule has 3 heteroatoms. The van der Waals surface area contributed by atoms with E-state index in [0.29, 0.717) is 6.54 Å². The quantitative estimate of drug-likeness (QED) is 0.777. The molecule has 22 heavy (non-hydrogen) atoms. The Labute approximate surface area is 130 Å². The van der Waals surface area contributed by atoms with Crippen molar-refractivity contribution in [2.24, 2.45) is 0 Å². The van der Waals surface area contributed by atoms with Gasteiger partial charge in [-0.15, -0.1) is 0 Å². The second-order valence-corrected chi connectivity index (χ2v) is 5.35. The van der Waals surface area contributed by atoms with Gasteiger partial charge in [0.15, 0.2) is 0 Å². The molecule has 3 rings (SSSR count). The van der Waals surface area contributed by atoms with Gasteiger partial charge in [-0.3, -0.25) is 4.98 Å². The summed E-state index contributed by atoms with van der Waals surface area (Å²) in [4.78, 5) is 6.66. The van der Waals surface area contributed by atoms with Crippen LogP contribution in [0.3, 0.4) is 0 Å². The van der Waals surface area contributed by atoms with Crippen LogP contribution < -0.4 is 4.90 Å². The zero-order valence-electron chi connectivity index (χ0n) is 12.7. The van der Waals surface area contributed by atoms with Crippen LogP contribution >= 0.6 is 0 Å². The Kier molecular flexibility index (Phi) is 4.35. The second-order valence-electron chi connectivity index (χ2n) is 5.35. The van der Waals surface area contributed by atoms with Gasteiger partial charge in [0.1, 0.15) is 0 Å². The van der Waals surface area contributed by atoms with Gasteiger partial charge in [0, 0.05) is 18.5 Å². The first-order valence-corrected chi connectivity index (χ1v) is 7.60. The van der Waals surface area contributed by atoms with E-state index >= 15 is 0 Å². The summed E-state index contributed by atoms with van der Waals surface area (Å²) in [5, 5.41) is 11.6. The molecule has 1 N–H and O–H groups in total. The largest absolute Gasteiger partial charge is 0.387 e. The number of nitrogens with zero attached hydrogens (tertiary/aromatic N) is 2. The van der Waals surface area contributed by atoms with E-state index in [2.05, 4.69) is 28.9 Å². The van der Waals surface area contributed by atoms with Gasteiger partial charge >= 0.3 is 0 Å². The van der Waals surface area contributed by atoms with Crippen molar-refractivity contribution in [3.8, 4) is 0 Å². The maximum Gasteiger partial charge on any atom is 0.0964 e. The van der Waals surface area contributed by atoms with E-state index in [1.807, 2.05) is 54.7 Å². The minimum Gasteiger partial charge on any atom is -0.387 e. The smallest absolute Gasteiger partial charge is 0.0964 e. The number of aromatic nitrogens is 1.